The molecule has 1 aromatic carbocycles. The monoisotopic (exact) mass is 357 g/mol. The van der Waals surface area contributed by atoms with E-state index in [1.165, 1.54) is 5.56 Å². The van der Waals surface area contributed by atoms with Crippen molar-refractivity contribution in [2.45, 2.75) is 45.8 Å². The molecule has 2 heterocycles. The molecule has 1 aliphatic rings. The van der Waals surface area contributed by atoms with Crippen LogP contribution in [0.5, 0.6) is 0 Å². The molecule has 0 bridgehead atoms. The van der Waals surface area contributed by atoms with E-state index in [-0.39, 0.29) is 0 Å². The van der Waals surface area contributed by atoms with Crippen molar-refractivity contribution in [1.29, 1.82) is 5.26 Å². The lowest BCUT2D eigenvalue weighted by atomic mass is 9.76. The minimum Gasteiger partial charge on any atom is -0.296 e. The summed E-state index contributed by atoms with van der Waals surface area (Å²) in [5.74, 6) is 0. The van der Waals surface area contributed by atoms with Gasteiger partial charge in [-0.1, -0.05) is 38.1 Å². The summed E-state index contributed by atoms with van der Waals surface area (Å²) in [6.45, 7) is 6.01. The minimum atomic E-state index is -0.942. The summed E-state index contributed by atoms with van der Waals surface area (Å²) in [6, 6.07) is 10.5. The zero-order valence-corrected chi connectivity index (χ0v) is 15.7. The van der Waals surface area contributed by atoms with Crippen LogP contribution in [-0.2, 0) is 13.0 Å². The Morgan fingerprint density at radius 1 is 1.40 bits per heavy atom. The molecule has 0 N–H and O–H groups in total. The number of alkyl halides is 1. The lowest BCUT2D eigenvalue weighted by Gasteiger charge is -2.41. The number of hydrogen-bond acceptors (Lipinski definition) is 4. The number of thiazole rings is 1. The number of halogens is 1. The van der Waals surface area contributed by atoms with Gasteiger partial charge in [0.05, 0.1) is 16.8 Å². The van der Waals surface area contributed by atoms with Crippen molar-refractivity contribution in [1.82, 2.24) is 9.88 Å². The van der Waals surface area contributed by atoms with Crippen LogP contribution in [0.15, 0.2) is 29.6 Å². The van der Waals surface area contributed by atoms with Crippen LogP contribution in [-0.4, -0.2) is 29.1 Å². The van der Waals surface area contributed by atoms with Crippen LogP contribution in [0.3, 0.4) is 0 Å². The molecule has 0 saturated carbocycles. The molecule has 0 aliphatic carbocycles. The molecule has 5 heteroatoms. The van der Waals surface area contributed by atoms with Crippen LogP contribution in [0.4, 0.5) is 4.39 Å². The van der Waals surface area contributed by atoms with E-state index in [9.17, 15) is 4.39 Å². The standard InChI is InChI=1S/C20H24FN3S/c1-3-19-23-17(14-25-19)16-6-4-15(5-7-16)12-24-11-9-20(2,8-10-22)18(21)13-24/h4-7,14,18H,3,8-9,11-13H2,1-2H3. The third-order valence-electron chi connectivity index (χ3n) is 5.17. The van der Waals surface area contributed by atoms with Gasteiger partial charge in [-0.25, -0.2) is 9.37 Å². The summed E-state index contributed by atoms with van der Waals surface area (Å²) in [6.07, 6.45) is 1.05. The first kappa shape index (κ1) is 18.0. The van der Waals surface area contributed by atoms with Gasteiger partial charge in [0.25, 0.3) is 0 Å². The fourth-order valence-corrected chi connectivity index (χ4v) is 4.03. The molecular weight excluding hydrogens is 333 g/mol. The molecule has 0 spiro atoms. The van der Waals surface area contributed by atoms with Gasteiger partial charge in [0.1, 0.15) is 6.17 Å². The topological polar surface area (TPSA) is 39.9 Å². The van der Waals surface area contributed by atoms with E-state index in [0.29, 0.717) is 13.0 Å². The maximum atomic E-state index is 14.5. The fraction of sp³-hybridized carbons (Fsp3) is 0.500. The van der Waals surface area contributed by atoms with E-state index < -0.39 is 11.6 Å². The number of rotatable bonds is 5. The third kappa shape index (κ3) is 4.08. The lowest BCUT2D eigenvalue weighted by Crippen LogP contribution is -2.47. The van der Waals surface area contributed by atoms with E-state index >= 15 is 0 Å². The normalized spacial score (nSPS) is 24.2. The van der Waals surface area contributed by atoms with Crippen molar-refractivity contribution in [2.24, 2.45) is 5.41 Å². The molecule has 0 radical (unpaired) electrons. The van der Waals surface area contributed by atoms with Gasteiger partial charge >= 0.3 is 0 Å². The van der Waals surface area contributed by atoms with Crippen molar-refractivity contribution in [2.75, 3.05) is 13.1 Å². The highest BCUT2D eigenvalue weighted by Gasteiger charge is 2.39. The summed E-state index contributed by atoms with van der Waals surface area (Å²) in [7, 11) is 0. The first-order valence-electron chi connectivity index (χ1n) is 8.81. The number of aromatic nitrogens is 1. The molecule has 2 unspecified atom stereocenters. The Morgan fingerprint density at radius 3 is 2.76 bits per heavy atom. The average molecular weight is 357 g/mol. The molecule has 3 rings (SSSR count). The van der Waals surface area contributed by atoms with Crippen molar-refractivity contribution >= 4 is 11.3 Å². The van der Waals surface area contributed by atoms with Crippen LogP contribution in [0.2, 0.25) is 0 Å². The maximum Gasteiger partial charge on any atom is 0.119 e. The maximum absolute atomic E-state index is 14.5. The van der Waals surface area contributed by atoms with Crippen LogP contribution in [0.1, 0.15) is 37.3 Å². The average Bonchev–Trinajstić information content (AvgIpc) is 3.09. The number of benzene rings is 1. The minimum absolute atomic E-state index is 0.296. The SMILES string of the molecule is CCc1nc(-c2ccc(CN3CCC(C)(CC#N)C(F)C3)cc2)cs1. The molecular formula is C20H24FN3S. The second-order valence-electron chi connectivity index (χ2n) is 7.12. The molecule has 25 heavy (non-hydrogen) atoms. The van der Waals surface area contributed by atoms with E-state index in [4.69, 9.17) is 5.26 Å². The van der Waals surface area contributed by atoms with Crippen LogP contribution in [0, 0.1) is 16.7 Å². The largest absolute Gasteiger partial charge is 0.296 e. The number of likely N-dealkylation sites (tertiary alicyclic amines) is 1. The van der Waals surface area contributed by atoms with Gasteiger partial charge in [-0.3, -0.25) is 4.90 Å². The second-order valence-corrected chi connectivity index (χ2v) is 8.06. The summed E-state index contributed by atoms with van der Waals surface area (Å²) in [5, 5.41) is 12.2. The van der Waals surface area contributed by atoms with Crippen molar-refractivity contribution in [3.63, 3.8) is 0 Å². The van der Waals surface area contributed by atoms with Crippen LogP contribution in [0.25, 0.3) is 11.3 Å². The molecule has 132 valence electrons. The molecule has 2 atom stereocenters. The quantitative estimate of drug-likeness (QED) is 0.769. The number of aryl methyl sites for hydroxylation is 1. The fourth-order valence-electron chi connectivity index (χ4n) is 3.28. The highest BCUT2D eigenvalue weighted by Crippen LogP contribution is 2.36. The lowest BCUT2D eigenvalue weighted by molar-refractivity contribution is 0.0186. The summed E-state index contributed by atoms with van der Waals surface area (Å²) in [5.41, 5.74) is 2.85. The molecule has 1 aromatic heterocycles. The van der Waals surface area contributed by atoms with Gasteiger partial charge in [0.15, 0.2) is 0 Å². The highest BCUT2D eigenvalue weighted by molar-refractivity contribution is 7.09. The zero-order valence-electron chi connectivity index (χ0n) is 14.8. The summed E-state index contributed by atoms with van der Waals surface area (Å²) in [4.78, 5) is 6.77. The van der Waals surface area contributed by atoms with Gasteiger partial charge in [0, 0.05) is 35.9 Å². The molecule has 2 aromatic rings. The van der Waals surface area contributed by atoms with E-state index in [1.54, 1.807) is 11.3 Å². The van der Waals surface area contributed by atoms with Crippen LogP contribution >= 0.6 is 11.3 Å². The second kappa shape index (κ2) is 7.63. The molecule has 1 aliphatic heterocycles. The summed E-state index contributed by atoms with van der Waals surface area (Å²) >= 11 is 1.70. The van der Waals surface area contributed by atoms with Crippen molar-refractivity contribution in [3.05, 3.63) is 40.2 Å². The van der Waals surface area contributed by atoms with Gasteiger partial charge in [-0.2, -0.15) is 5.26 Å². The number of piperidine rings is 1. The first-order valence-corrected chi connectivity index (χ1v) is 9.69. The number of hydrogen-bond donors (Lipinski definition) is 0. The van der Waals surface area contributed by atoms with E-state index in [2.05, 4.69) is 52.5 Å². The van der Waals surface area contributed by atoms with Crippen LogP contribution < -0.4 is 0 Å². The Morgan fingerprint density at radius 2 is 2.16 bits per heavy atom. The first-order chi connectivity index (χ1) is 12.0. The summed E-state index contributed by atoms with van der Waals surface area (Å²) < 4.78 is 14.5. The van der Waals surface area contributed by atoms with Gasteiger partial charge in [0.2, 0.25) is 0 Å². The Balaban J connectivity index is 1.62. The van der Waals surface area contributed by atoms with Crippen molar-refractivity contribution in [3.8, 4) is 17.3 Å². The Hall–Kier alpha value is -1.77. The number of nitrogens with zero attached hydrogens (tertiary/aromatic N) is 3. The highest BCUT2D eigenvalue weighted by atomic mass is 32.1. The molecule has 1 fully saturated rings. The van der Waals surface area contributed by atoms with Gasteiger partial charge in [-0.15, -0.1) is 11.3 Å². The predicted octanol–water partition coefficient (Wildman–Crippen LogP) is 4.84. The smallest absolute Gasteiger partial charge is 0.119 e. The van der Waals surface area contributed by atoms with Gasteiger partial charge < -0.3 is 0 Å². The van der Waals surface area contributed by atoms with E-state index in [1.807, 2.05) is 6.92 Å². The molecule has 3 nitrogen and oxygen atoms in total. The Kier molecular flexibility index (Phi) is 5.51. The molecule has 1 saturated heterocycles. The Bertz CT molecular complexity index is 749. The van der Waals surface area contributed by atoms with Gasteiger partial charge in [-0.05, 0) is 24.9 Å². The number of nitriles is 1. The molecule has 0 amide bonds. The Labute approximate surface area is 153 Å². The predicted molar refractivity (Wildman–Crippen MR) is 100 cm³/mol. The van der Waals surface area contributed by atoms with E-state index in [0.717, 1.165) is 42.2 Å². The third-order valence-corrected chi connectivity index (χ3v) is 6.16. The zero-order chi connectivity index (χ0) is 17.9. The van der Waals surface area contributed by atoms with Crippen molar-refractivity contribution < 1.29 is 4.39 Å².